The van der Waals surface area contributed by atoms with Crippen LogP contribution in [0.15, 0.2) is 29.2 Å². The summed E-state index contributed by atoms with van der Waals surface area (Å²) in [6.45, 7) is 5.18. The lowest BCUT2D eigenvalue weighted by Crippen LogP contribution is -2.15. The maximum Gasteiger partial charge on any atom is 0.180 e. The van der Waals surface area contributed by atoms with E-state index in [0.717, 1.165) is 5.56 Å². The zero-order valence-corrected chi connectivity index (χ0v) is 10.1. The van der Waals surface area contributed by atoms with Gasteiger partial charge in [-0.1, -0.05) is 12.1 Å². The summed E-state index contributed by atoms with van der Waals surface area (Å²) in [6, 6.07) is 6.69. The molecule has 0 saturated carbocycles. The van der Waals surface area contributed by atoms with Crippen LogP contribution in [0.2, 0.25) is 0 Å². The largest absolute Gasteiger partial charge is 0.324 e. The maximum atomic E-state index is 11.9. The van der Waals surface area contributed by atoms with Gasteiger partial charge in [-0.2, -0.15) is 0 Å². The van der Waals surface area contributed by atoms with Gasteiger partial charge in [0.05, 0.1) is 10.1 Å². The van der Waals surface area contributed by atoms with Crippen LogP contribution in [-0.2, 0) is 9.84 Å². The molecule has 0 bridgehead atoms. The van der Waals surface area contributed by atoms with Gasteiger partial charge >= 0.3 is 0 Å². The molecule has 1 rings (SSSR count). The van der Waals surface area contributed by atoms with Crippen molar-refractivity contribution in [1.82, 2.24) is 0 Å². The predicted molar refractivity (Wildman–Crippen MR) is 61.4 cm³/mol. The molecule has 1 atom stereocenters. The minimum atomic E-state index is -3.19. The molecule has 3 nitrogen and oxygen atoms in total. The van der Waals surface area contributed by atoms with Crippen LogP contribution in [0.1, 0.15) is 32.4 Å². The van der Waals surface area contributed by atoms with Crippen molar-refractivity contribution in [3.05, 3.63) is 29.8 Å². The van der Waals surface area contributed by atoms with Crippen molar-refractivity contribution in [3.63, 3.8) is 0 Å². The van der Waals surface area contributed by atoms with Gasteiger partial charge in [0.25, 0.3) is 0 Å². The molecule has 0 unspecified atom stereocenters. The van der Waals surface area contributed by atoms with Crippen molar-refractivity contribution in [2.45, 2.75) is 37.0 Å². The molecule has 0 heterocycles. The van der Waals surface area contributed by atoms with Crippen LogP contribution in [0.4, 0.5) is 0 Å². The van der Waals surface area contributed by atoms with Crippen LogP contribution in [-0.4, -0.2) is 13.7 Å². The van der Waals surface area contributed by atoms with E-state index >= 15 is 0 Å². The van der Waals surface area contributed by atoms with Crippen molar-refractivity contribution in [1.29, 1.82) is 0 Å². The van der Waals surface area contributed by atoms with Crippen molar-refractivity contribution < 1.29 is 8.42 Å². The Kier molecular flexibility index (Phi) is 3.52. The third kappa shape index (κ3) is 2.58. The quantitative estimate of drug-likeness (QED) is 0.857. The summed E-state index contributed by atoms with van der Waals surface area (Å²) in [5, 5.41) is -0.402. The Balaban J connectivity index is 3.23. The first-order chi connectivity index (χ1) is 6.85. The van der Waals surface area contributed by atoms with Gasteiger partial charge in [0, 0.05) is 6.04 Å². The number of sulfone groups is 1. The van der Waals surface area contributed by atoms with Crippen LogP contribution >= 0.6 is 0 Å². The fourth-order valence-electron chi connectivity index (χ4n) is 1.25. The van der Waals surface area contributed by atoms with E-state index in [-0.39, 0.29) is 6.04 Å². The second kappa shape index (κ2) is 4.33. The fraction of sp³-hybridized carbons (Fsp3) is 0.455. The Morgan fingerprint density at radius 3 is 2.27 bits per heavy atom. The summed E-state index contributed by atoms with van der Waals surface area (Å²) in [7, 11) is -3.19. The van der Waals surface area contributed by atoms with E-state index in [9.17, 15) is 8.42 Å². The van der Waals surface area contributed by atoms with Gasteiger partial charge in [-0.05, 0) is 38.5 Å². The molecule has 0 aliphatic carbocycles. The molecule has 0 spiro atoms. The summed E-state index contributed by atoms with van der Waals surface area (Å²) in [6.07, 6.45) is 0. The Labute approximate surface area is 91.2 Å². The van der Waals surface area contributed by atoms with E-state index in [1.165, 1.54) is 0 Å². The average molecular weight is 227 g/mol. The highest BCUT2D eigenvalue weighted by Crippen LogP contribution is 2.19. The highest BCUT2D eigenvalue weighted by atomic mass is 32.2. The van der Waals surface area contributed by atoms with E-state index < -0.39 is 15.1 Å². The molecular formula is C11H17NO2S. The first-order valence-electron chi connectivity index (χ1n) is 4.95. The molecule has 0 amide bonds. The van der Waals surface area contributed by atoms with Crippen LogP contribution in [0.5, 0.6) is 0 Å². The van der Waals surface area contributed by atoms with Gasteiger partial charge in [0.1, 0.15) is 0 Å². The first kappa shape index (κ1) is 12.2. The van der Waals surface area contributed by atoms with Crippen molar-refractivity contribution in [3.8, 4) is 0 Å². The maximum absolute atomic E-state index is 11.9. The van der Waals surface area contributed by atoms with Gasteiger partial charge in [-0.3, -0.25) is 0 Å². The molecule has 0 radical (unpaired) electrons. The van der Waals surface area contributed by atoms with Crippen LogP contribution in [0.25, 0.3) is 0 Å². The SMILES string of the molecule is CC(C)S(=O)(=O)c1cccc([C@@H](C)N)c1. The van der Waals surface area contributed by atoms with Gasteiger partial charge in [-0.15, -0.1) is 0 Å². The molecular weight excluding hydrogens is 210 g/mol. The summed E-state index contributed by atoms with van der Waals surface area (Å²) in [4.78, 5) is 0.354. The van der Waals surface area contributed by atoms with E-state index in [1.807, 2.05) is 13.0 Å². The van der Waals surface area contributed by atoms with Crippen molar-refractivity contribution in [2.24, 2.45) is 5.73 Å². The molecule has 0 aliphatic heterocycles. The smallest absolute Gasteiger partial charge is 0.180 e. The van der Waals surface area contributed by atoms with Crippen LogP contribution < -0.4 is 5.73 Å². The monoisotopic (exact) mass is 227 g/mol. The van der Waals surface area contributed by atoms with Gasteiger partial charge in [0.15, 0.2) is 9.84 Å². The van der Waals surface area contributed by atoms with E-state index in [1.54, 1.807) is 32.0 Å². The third-order valence-corrected chi connectivity index (χ3v) is 4.49. The lowest BCUT2D eigenvalue weighted by Gasteiger charge is -2.11. The molecule has 0 fully saturated rings. The number of rotatable bonds is 3. The molecule has 1 aromatic carbocycles. The Bertz CT molecular complexity index is 436. The van der Waals surface area contributed by atoms with Crippen LogP contribution in [0.3, 0.4) is 0 Å². The zero-order chi connectivity index (χ0) is 11.6. The molecule has 1 aromatic rings. The highest BCUT2D eigenvalue weighted by molar-refractivity contribution is 7.92. The van der Waals surface area contributed by atoms with Crippen molar-refractivity contribution >= 4 is 9.84 Å². The van der Waals surface area contributed by atoms with Gasteiger partial charge in [-0.25, -0.2) is 8.42 Å². The van der Waals surface area contributed by atoms with E-state index in [4.69, 9.17) is 5.73 Å². The number of hydrogen-bond donors (Lipinski definition) is 1. The first-order valence-corrected chi connectivity index (χ1v) is 6.49. The lowest BCUT2D eigenvalue weighted by molar-refractivity contribution is 0.587. The Hall–Kier alpha value is -0.870. The van der Waals surface area contributed by atoms with Gasteiger partial charge < -0.3 is 5.73 Å². The Morgan fingerprint density at radius 2 is 1.80 bits per heavy atom. The lowest BCUT2D eigenvalue weighted by atomic mass is 10.1. The summed E-state index contributed by atoms with van der Waals surface area (Å²) in [5.41, 5.74) is 6.55. The zero-order valence-electron chi connectivity index (χ0n) is 9.27. The normalized spacial score (nSPS) is 14.2. The predicted octanol–water partition coefficient (Wildman–Crippen LogP) is 1.89. The van der Waals surface area contributed by atoms with Crippen LogP contribution in [0, 0.1) is 0 Å². The fourth-order valence-corrected chi connectivity index (χ4v) is 2.36. The van der Waals surface area contributed by atoms with E-state index in [2.05, 4.69) is 0 Å². The average Bonchev–Trinajstić information content (AvgIpc) is 2.17. The number of hydrogen-bond acceptors (Lipinski definition) is 3. The molecule has 0 aromatic heterocycles. The van der Waals surface area contributed by atoms with E-state index in [0.29, 0.717) is 4.90 Å². The molecule has 4 heteroatoms. The molecule has 84 valence electrons. The van der Waals surface area contributed by atoms with Gasteiger partial charge in [0.2, 0.25) is 0 Å². The molecule has 0 aliphatic rings. The second-order valence-electron chi connectivity index (χ2n) is 3.95. The minimum absolute atomic E-state index is 0.146. The van der Waals surface area contributed by atoms with Crippen molar-refractivity contribution in [2.75, 3.05) is 0 Å². The minimum Gasteiger partial charge on any atom is -0.324 e. The molecule has 15 heavy (non-hydrogen) atoms. The third-order valence-electron chi connectivity index (χ3n) is 2.33. The summed E-state index contributed by atoms with van der Waals surface area (Å²) in [5.74, 6) is 0. The topological polar surface area (TPSA) is 60.2 Å². The number of benzene rings is 1. The standard InChI is InChI=1S/C11H17NO2S/c1-8(2)15(13,14)11-6-4-5-10(7-11)9(3)12/h4-9H,12H2,1-3H3/t9-/m1/s1. The second-order valence-corrected chi connectivity index (χ2v) is 6.46. The summed E-state index contributed by atoms with van der Waals surface area (Å²) < 4.78 is 23.7. The molecule has 0 saturated heterocycles. The highest BCUT2D eigenvalue weighted by Gasteiger charge is 2.19. The summed E-state index contributed by atoms with van der Waals surface area (Å²) >= 11 is 0. The molecule has 2 N–H and O–H groups in total. The Morgan fingerprint density at radius 1 is 1.20 bits per heavy atom. The number of nitrogens with two attached hydrogens (primary N) is 1.